The Morgan fingerprint density at radius 2 is 2.24 bits per heavy atom. The highest BCUT2D eigenvalue weighted by Crippen LogP contribution is 2.45. The SMILES string of the molecule is CCn1ncc2c(-c3ccnc(Cl)c3)c(/C=C/CO)c(C3CC3)nc21. The van der Waals surface area contributed by atoms with Crippen molar-refractivity contribution in [3.8, 4) is 11.1 Å². The summed E-state index contributed by atoms with van der Waals surface area (Å²) < 4.78 is 1.92. The molecule has 1 N–H and O–H groups in total. The van der Waals surface area contributed by atoms with E-state index in [-0.39, 0.29) is 6.61 Å². The quantitative estimate of drug-likeness (QED) is 0.702. The molecule has 1 saturated carbocycles. The van der Waals surface area contributed by atoms with Crippen LogP contribution < -0.4 is 0 Å². The number of aromatic nitrogens is 4. The fourth-order valence-corrected chi connectivity index (χ4v) is 3.40. The minimum atomic E-state index is -0.00704. The van der Waals surface area contributed by atoms with Crippen LogP contribution in [0.25, 0.3) is 28.2 Å². The average Bonchev–Trinajstić information content (AvgIpc) is 3.38. The third-order valence-corrected chi connectivity index (χ3v) is 4.73. The van der Waals surface area contributed by atoms with Crippen LogP contribution >= 0.6 is 11.6 Å². The summed E-state index contributed by atoms with van der Waals surface area (Å²) in [6, 6.07) is 3.82. The Morgan fingerprint density at radius 1 is 1.40 bits per heavy atom. The van der Waals surface area contributed by atoms with Gasteiger partial charge in [0, 0.05) is 35.2 Å². The first-order valence-corrected chi connectivity index (χ1v) is 8.89. The van der Waals surface area contributed by atoms with Crippen molar-refractivity contribution in [2.75, 3.05) is 6.61 Å². The van der Waals surface area contributed by atoms with Crippen LogP contribution in [0.3, 0.4) is 0 Å². The van der Waals surface area contributed by atoms with Gasteiger partial charge in [0.2, 0.25) is 0 Å². The van der Waals surface area contributed by atoms with Crippen molar-refractivity contribution in [2.45, 2.75) is 32.2 Å². The summed E-state index contributed by atoms with van der Waals surface area (Å²) >= 11 is 6.14. The molecule has 5 nitrogen and oxygen atoms in total. The molecule has 3 aromatic heterocycles. The van der Waals surface area contributed by atoms with Crippen molar-refractivity contribution in [3.63, 3.8) is 0 Å². The fraction of sp³-hybridized carbons (Fsp3) is 0.316. The number of hydrogen-bond donors (Lipinski definition) is 1. The molecule has 1 fully saturated rings. The van der Waals surface area contributed by atoms with E-state index in [0.29, 0.717) is 11.1 Å². The van der Waals surface area contributed by atoms with Crippen LogP contribution in [0.4, 0.5) is 0 Å². The maximum atomic E-state index is 9.28. The first-order valence-electron chi connectivity index (χ1n) is 8.51. The molecule has 0 aliphatic heterocycles. The molecule has 25 heavy (non-hydrogen) atoms. The molecule has 1 aliphatic rings. The number of fused-ring (bicyclic) bond motifs is 1. The number of halogens is 1. The average molecular weight is 355 g/mol. The molecule has 0 aromatic carbocycles. The zero-order valence-corrected chi connectivity index (χ0v) is 14.7. The summed E-state index contributed by atoms with van der Waals surface area (Å²) in [6.45, 7) is 2.82. The molecule has 3 aromatic rings. The zero-order valence-electron chi connectivity index (χ0n) is 14.0. The van der Waals surface area contributed by atoms with Crippen LogP contribution in [-0.2, 0) is 6.54 Å². The van der Waals surface area contributed by atoms with Crippen LogP contribution in [0.5, 0.6) is 0 Å². The predicted octanol–water partition coefficient (Wildman–Crippen LogP) is 4.05. The van der Waals surface area contributed by atoms with Crippen molar-refractivity contribution < 1.29 is 5.11 Å². The molecule has 128 valence electrons. The lowest BCUT2D eigenvalue weighted by Gasteiger charge is -2.14. The van der Waals surface area contributed by atoms with Gasteiger partial charge >= 0.3 is 0 Å². The molecule has 0 bridgehead atoms. The van der Waals surface area contributed by atoms with Crippen molar-refractivity contribution >= 4 is 28.7 Å². The van der Waals surface area contributed by atoms with Gasteiger partial charge in [0.1, 0.15) is 5.15 Å². The Balaban J connectivity index is 2.08. The number of aliphatic hydroxyl groups is 1. The molecule has 0 unspecified atom stereocenters. The lowest BCUT2D eigenvalue weighted by molar-refractivity contribution is 0.343. The standard InChI is InChI=1S/C19H19ClN4O/c1-2-24-19-15(11-22-24)17(13-7-8-21-16(20)10-13)14(4-3-9-25)18(23-19)12-5-6-12/h3-4,7-8,10-12,25H,2,5-6,9H2,1H3/b4-3+. The molecule has 0 radical (unpaired) electrons. The largest absolute Gasteiger partial charge is 0.392 e. The summed E-state index contributed by atoms with van der Waals surface area (Å²) in [7, 11) is 0. The third kappa shape index (κ3) is 2.94. The summed E-state index contributed by atoms with van der Waals surface area (Å²) in [5, 5.41) is 15.2. The van der Waals surface area contributed by atoms with E-state index >= 15 is 0 Å². The first-order chi connectivity index (χ1) is 12.2. The second kappa shape index (κ2) is 6.58. The van der Waals surface area contributed by atoms with Gasteiger partial charge in [-0.15, -0.1) is 0 Å². The lowest BCUT2D eigenvalue weighted by Crippen LogP contribution is -2.02. The third-order valence-electron chi connectivity index (χ3n) is 4.52. The van der Waals surface area contributed by atoms with Gasteiger partial charge < -0.3 is 5.11 Å². The van der Waals surface area contributed by atoms with Crippen LogP contribution in [0.1, 0.15) is 36.9 Å². The number of aryl methyl sites for hydroxylation is 1. The van der Waals surface area contributed by atoms with Crippen molar-refractivity contribution in [1.82, 2.24) is 19.7 Å². The van der Waals surface area contributed by atoms with Crippen molar-refractivity contribution in [1.29, 1.82) is 0 Å². The van der Waals surface area contributed by atoms with E-state index in [1.807, 2.05) is 29.1 Å². The van der Waals surface area contributed by atoms with E-state index in [1.54, 1.807) is 12.3 Å². The highest BCUT2D eigenvalue weighted by molar-refractivity contribution is 6.29. The van der Waals surface area contributed by atoms with Crippen LogP contribution in [-0.4, -0.2) is 31.5 Å². The van der Waals surface area contributed by atoms with Gasteiger partial charge in [-0.1, -0.05) is 23.8 Å². The smallest absolute Gasteiger partial charge is 0.158 e. The molecule has 0 saturated heterocycles. The normalized spacial score (nSPS) is 14.7. The van der Waals surface area contributed by atoms with E-state index in [9.17, 15) is 5.11 Å². The number of nitrogens with zero attached hydrogens (tertiary/aromatic N) is 4. The minimum Gasteiger partial charge on any atom is -0.392 e. The number of rotatable bonds is 5. The van der Waals surface area contributed by atoms with Crippen molar-refractivity contribution in [2.24, 2.45) is 0 Å². The van der Waals surface area contributed by atoms with Gasteiger partial charge in [-0.2, -0.15) is 5.10 Å². The molecule has 0 spiro atoms. The van der Waals surface area contributed by atoms with Gasteiger partial charge in [0.25, 0.3) is 0 Å². The number of pyridine rings is 2. The molecular weight excluding hydrogens is 336 g/mol. The number of aliphatic hydroxyl groups excluding tert-OH is 1. The highest BCUT2D eigenvalue weighted by atomic mass is 35.5. The second-order valence-corrected chi connectivity index (χ2v) is 6.60. The molecule has 1 aliphatic carbocycles. The topological polar surface area (TPSA) is 63.8 Å². The van der Waals surface area contributed by atoms with Gasteiger partial charge in [-0.25, -0.2) is 14.6 Å². The predicted molar refractivity (Wildman–Crippen MR) is 99.5 cm³/mol. The van der Waals surface area contributed by atoms with Gasteiger partial charge in [-0.05, 0) is 37.5 Å². The van der Waals surface area contributed by atoms with E-state index in [1.165, 1.54) is 0 Å². The molecule has 6 heteroatoms. The maximum Gasteiger partial charge on any atom is 0.158 e. The summed E-state index contributed by atoms with van der Waals surface area (Å²) in [5.74, 6) is 0.471. The zero-order chi connectivity index (χ0) is 17.4. The van der Waals surface area contributed by atoms with E-state index < -0.39 is 0 Å². The van der Waals surface area contributed by atoms with Gasteiger partial charge in [0.15, 0.2) is 5.65 Å². The van der Waals surface area contributed by atoms with E-state index in [0.717, 1.165) is 52.8 Å². The number of hydrogen-bond acceptors (Lipinski definition) is 4. The Hall–Kier alpha value is -2.24. The van der Waals surface area contributed by atoms with Crippen LogP contribution in [0.2, 0.25) is 5.15 Å². The second-order valence-electron chi connectivity index (χ2n) is 6.21. The minimum absolute atomic E-state index is 0.00704. The fourth-order valence-electron chi connectivity index (χ4n) is 3.23. The maximum absolute atomic E-state index is 9.28. The van der Waals surface area contributed by atoms with Crippen molar-refractivity contribution in [3.05, 3.63) is 47.0 Å². The van der Waals surface area contributed by atoms with Crippen LogP contribution in [0, 0.1) is 0 Å². The first kappa shape index (κ1) is 16.2. The monoisotopic (exact) mass is 354 g/mol. The summed E-state index contributed by atoms with van der Waals surface area (Å²) in [5.41, 5.74) is 5.06. The van der Waals surface area contributed by atoms with Gasteiger partial charge in [0.05, 0.1) is 18.5 Å². The molecule has 4 rings (SSSR count). The lowest BCUT2D eigenvalue weighted by atomic mass is 9.95. The summed E-state index contributed by atoms with van der Waals surface area (Å²) in [4.78, 5) is 9.05. The molecule has 3 heterocycles. The molecule has 0 amide bonds. The van der Waals surface area contributed by atoms with E-state index in [4.69, 9.17) is 16.6 Å². The Kier molecular flexibility index (Phi) is 4.27. The highest BCUT2D eigenvalue weighted by Gasteiger charge is 2.30. The van der Waals surface area contributed by atoms with Gasteiger partial charge in [-0.3, -0.25) is 0 Å². The Labute approximate surface area is 151 Å². The molecule has 0 atom stereocenters. The summed E-state index contributed by atoms with van der Waals surface area (Å²) in [6.07, 6.45) is 9.59. The Bertz CT molecular complexity index is 959. The Morgan fingerprint density at radius 3 is 2.92 bits per heavy atom. The van der Waals surface area contributed by atoms with E-state index in [2.05, 4.69) is 17.0 Å². The molecular formula is C19H19ClN4O. The van der Waals surface area contributed by atoms with Crippen LogP contribution in [0.15, 0.2) is 30.6 Å².